The van der Waals surface area contributed by atoms with Crippen molar-refractivity contribution in [3.63, 3.8) is 0 Å². The van der Waals surface area contributed by atoms with Crippen molar-refractivity contribution in [2.24, 2.45) is 10.2 Å². The second kappa shape index (κ2) is 8.78. The van der Waals surface area contributed by atoms with E-state index in [0.717, 1.165) is 53.4 Å². The topological polar surface area (TPSA) is 94.2 Å². The maximum absolute atomic E-state index is 12.9. The van der Waals surface area contributed by atoms with Crippen LogP contribution in [0.2, 0.25) is 0 Å². The number of carbonyl (C=O) groups is 1. The van der Waals surface area contributed by atoms with Crippen LogP contribution in [-0.4, -0.2) is 46.7 Å². The summed E-state index contributed by atoms with van der Waals surface area (Å²) in [6.45, 7) is 6.05. The monoisotopic (exact) mass is 448 g/mol. The maximum atomic E-state index is 12.9. The Hall–Kier alpha value is -3.14. The third-order valence-corrected chi connectivity index (χ3v) is 6.93. The van der Waals surface area contributed by atoms with Crippen LogP contribution in [0.4, 0.5) is 11.4 Å². The second-order valence-corrected chi connectivity index (χ2v) is 8.86. The molecule has 3 N–H and O–H groups in total. The predicted molar refractivity (Wildman–Crippen MR) is 126 cm³/mol. The molecule has 0 spiro atoms. The number of allylic oxidation sites excluding steroid dienone is 1. The van der Waals surface area contributed by atoms with Gasteiger partial charge in [0.25, 0.3) is 0 Å². The molecule has 0 aliphatic carbocycles. The molecule has 2 aromatic carbocycles. The summed E-state index contributed by atoms with van der Waals surface area (Å²) in [6, 6.07) is 15.5. The zero-order valence-electron chi connectivity index (χ0n) is 17.7. The number of rotatable bonds is 4. The molecule has 0 radical (unpaired) electrons. The summed E-state index contributed by atoms with van der Waals surface area (Å²) in [5, 5.41) is 26.5. The lowest BCUT2D eigenvalue weighted by atomic mass is 10.2. The van der Waals surface area contributed by atoms with E-state index in [1.807, 2.05) is 60.0 Å². The average Bonchev–Trinajstić information content (AvgIpc) is 3.08. The summed E-state index contributed by atoms with van der Waals surface area (Å²) in [7, 11) is 0. The summed E-state index contributed by atoms with van der Waals surface area (Å²) in [4.78, 5) is 16.6. The third kappa shape index (κ3) is 3.90. The van der Waals surface area contributed by atoms with Crippen molar-refractivity contribution >= 4 is 39.9 Å². The number of amides is 1. The molecule has 1 aromatic heterocycles. The fourth-order valence-corrected chi connectivity index (χ4v) is 4.94. The van der Waals surface area contributed by atoms with Crippen molar-refractivity contribution < 1.29 is 9.90 Å². The fraction of sp³-hybridized carbons (Fsp3) is 0.261. The molecule has 0 unspecified atom stereocenters. The lowest BCUT2D eigenvalue weighted by Crippen LogP contribution is -2.43. The Morgan fingerprint density at radius 2 is 1.88 bits per heavy atom. The van der Waals surface area contributed by atoms with E-state index in [9.17, 15) is 9.90 Å². The van der Waals surface area contributed by atoms with Crippen molar-refractivity contribution in [3.8, 4) is 5.88 Å². The third-order valence-electron chi connectivity index (χ3n) is 5.67. The molecular weight excluding hydrogens is 424 g/mol. The van der Waals surface area contributed by atoms with Crippen LogP contribution < -0.4 is 10.6 Å². The van der Waals surface area contributed by atoms with Gasteiger partial charge in [-0.05, 0) is 25.1 Å². The molecule has 8 nitrogen and oxygen atoms in total. The lowest BCUT2D eigenvalue weighted by molar-refractivity contribution is -0.114. The number of aromatic nitrogens is 1. The first-order valence-corrected chi connectivity index (χ1v) is 11.4. The molecule has 1 fully saturated rings. The highest BCUT2D eigenvalue weighted by molar-refractivity contribution is 8.04. The van der Waals surface area contributed by atoms with Gasteiger partial charge >= 0.3 is 5.91 Å². The second-order valence-electron chi connectivity index (χ2n) is 7.81. The number of fused-ring (bicyclic) bond motifs is 2. The summed E-state index contributed by atoms with van der Waals surface area (Å²) in [5.74, 6) is -0.417. The number of nitrogens with one attached hydrogen (secondary N) is 2. The molecule has 0 saturated carbocycles. The summed E-state index contributed by atoms with van der Waals surface area (Å²) in [6.07, 6.45) is 0. The van der Waals surface area contributed by atoms with Crippen LogP contribution in [0.1, 0.15) is 6.92 Å². The minimum absolute atomic E-state index is 0.0201. The van der Waals surface area contributed by atoms with Crippen LogP contribution in [0.25, 0.3) is 10.9 Å². The van der Waals surface area contributed by atoms with Gasteiger partial charge in [-0.2, -0.15) is 0 Å². The predicted octanol–water partition coefficient (Wildman–Crippen LogP) is 4.27. The van der Waals surface area contributed by atoms with Crippen molar-refractivity contribution in [2.45, 2.75) is 18.5 Å². The van der Waals surface area contributed by atoms with Crippen molar-refractivity contribution in [2.75, 3.05) is 31.5 Å². The standard InChI is InChI=1S/C23H24N6O2S/c1-15-21(32-19-9-5-3-7-17(19)25-15)22(30)27-26-20-16-6-2-4-8-18(16)29(23(20)31)14-28-12-10-24-11-13-28/h2-9,24-25,31H,10-14H2,1H3. The summed E-state index contributed by atoms with van der Waals surface area (Å²) < 4.78 is 1.83. The highest BCUT2D eigenvalue weighted by Crippen LogP contribution is 2.41. The van der Waals surface area contributed by atoms with Gasteiger partial charge in [0, 0.05) is 42.2 Å². The Labute approximate surface area is 190 Å². The van der Waals surface area contributed by atoms with Crippen LogP contribution in [0.3, 0.4) is 0 Å². The van der Waals surface area contributed by atoms with Crippen LogP contribution in [0.5, 0.6) is 5.88 Å². The number of azo groups is 1. The van der Waals surface area contributed by atoms with E-state index in [1.165, 1.54) is 11.8 Å². The number of thioether (sulfide) groups is 1. The zero-order chi connectivity index (χ0) is 22.1. The van der Waals surface area contributed by atoms with Crippen LogP contribution in [0, 0.1) is 0 Å². The van der Waals surface area contributed by atoms with Gasteiger partial charge in [0.05, 0.1) is 17.9 Å². The van der Waals surface area contributed by atoms with E-state index in [0.29, 0.717) is 17.3 Å². The van der Waals surface area contributed by atoms with E-state index in [4.69, 9.17) is 0 Å². The molecule has 164 valence electrons. The molecule has 1 amide bonds. The van der Waals surface area contributed by atoms with Crippen molar-refractivity contribution in [3.05, 3.63) is 59.1 Å². The largest absolute Gasteiger partial charge is 0.493 e. The van der Waals surface area contributed by atoms with E-state index in [-0.39, 0.29) is 5.88 Å². The first kappa shape index (κ1) is 20.7. The number of piperazine rings is 1. The number of hydrogen-bond donors (Lipinski definition) is 3. The molecule has 0 bridgehead atoms. The fourth-order valence-electron chi connectivity index (χ4n) is 4.02. The molecule has 3 heterocycles. The van der Waals surface area contributed by atoms with Crippen LogP contribution in [-0.2, 0) is 11.5 Å². The Morgan fingerprint density at radius 3 is 2.72 bits per heavy atom. The molecule has 0 atom stereocenters. The van der Waals surface area contributed by atoms with Gasteiger partial charge < -0.3 is 15.7 Å². The van der Waals surface area contributed by atoms with Crippen LogP contribution in [0.15, 0.2) is 74.3 Å². The Kier molecular flexibility index (Phi) is 5.69. The van der Waals surface area contributed by atoms with Gasteiger partial charge in [0.15, 0.2) is 5.69 Å². The van der Waals surface area contributed by atoms with Crippen molar-refractivity contribution in [1.29, 1.82) is 0 Å². The summed E-state index contributed by atoms with van der Waals surface area (Å²) in [5.41, 5.74) is 2.89. The highest BCUT2D eigenvalue weighted by atomic mass is 32.2. The molecule has 32 heavy (non-hydrogen) atoms. The summed E-state index contributed by atoms with van der Waals surface area (Å²) >= 11 is 1.38. The van der Waals surface area contributed by atoms with E-state index >= 15 is 0 Å². The van der Waals surface area contributed by atoms with Gasteiger partial charge in [-0.15, -0.1) is 10.2 Å². The SMILES string of the molecule is CC1=C(C(=O)N=Nc2c(O)n(CN3CCNCC3)c3ccccc23)Sc2ccccc2N1. The van der Waals surface area contributed by atoms with Gasteiger partial charge in [0.1, 0.15) is 4.91 Å². The number of nitrogens with zero attached hydrogens (tertiary/aromatic N) is 4. The molecule has 1 saturated heterocycles. The molecule has 9 heteroatoms. The quantitative estimate of drug-likeness (QED) is 0.516. The number of hydrogen-bond acceptors (Lipinski definition) is 7. The average molecular weight is 449 g/mol. The smallest absolute Gasteiger partial charge is 0.303 e. The number of aromatic hydroxyl groups is 1. The minimum Gasteiger partial charge on any atom is -0.493 e. The molecule has 2 aliphatic rings. The molecule has 3 aromatic rings. The molecule has 5 rings (SSSR count). The number of carbonyl (C=O) groups excluding carboxylic acids is 1. The Morgan fingerprint density at radius 1 is 1.12 bits per heavy atom. The molecular formula is C23H24N6O2S. The number of benzene rings is 2. The maximum Gasteiger partial charge on any atom is 0.303 e. The van der Waals surface area contributed by atoms with E-state index in [1.54, 1.807) is 0 Å². The number of para-hydroxylation sites is 2. The zero-order valence-corrected chi connectivity index (χ0v) is 18.5. The van der Waals surface area contributed by atoms with Crippen LogP contribution >= 0.6 is 11.8 Å². The van der Waals surface area contributed by atoms with E-state index < -0.39 is 5.91 Å². The first-order chi connectivity index (χ1) is 15.6. The normalized spacial score (nSPS) is 17.0. The molecule has 2 aliphatic heterocycles. The van der Waals surface area contributed by atoms with Gasteiger partial charge in [-0.3, -0.25) is 14.3 Å². The van der Waals surface area contributed by atoms with E-state index in [2.05, 4.69) is 25.8 Å². The number of anilines is 1. The van der Waals surface area contributed by atoms with Crippen molar-refractivity contribution in [1.82, 2.24) is 14.8 Å². The minimum atomic E-state index is -0.437. The highest BCUT2D eigenvalue weighted by Gasteiger charge is 2.23. The Bertz CT molecular complexity index is 1240. The first-order valence-electron chi connectivity index (χ1n) is 10.6. The van der Waals surface area contributed by atoms with Gasteiger partial charge in [-0.25, -0.2) is 0 Å². The lowest BCUT2D eigenvalue weighted by Gasteiger charge is -2.27. The van der Waals surface area contributed by atoms with Gasteiger partial charge in [-0.1, -0.05) is 42.1 Å². The Balaban J connectivity index is 1.44. The van der Waals surface area contributed by atoms with Gasteiger partial charge in [0.2, 0.25) is 5.88 Å².